The van der Waals surface area contributed by atoms with Crippen LogP contribution >= 0.6 is 0 Å². The number of rotatable bonds is 7. The highest BCUT2D eigenvalue weighted by atomic mass is 16.4. The molecule has 2 unspecified atom stereocenters. The average molecular weight is 294 g/mol. The fourth-order valence-electron chi connectivity index (χ4n) is 1.85. The molecule has 3 atom stereocenters. The van der Waals surface area contributed by atoms with Crippen LogP contribution in [0.5, 0.6) is 5.75 Å². The molecule has 0 saturated heterocycles. The number of carbonyl (C=O) groups is 2. The number of hydrogen-bond acceptors (Lipinski definition) is 4. The standard InChI is InChI=1S/C15H22N2O4/c1-3-9(2)13(16)14(19)17-12(15(20)21)8-10-4-6-11(18)7-5-10/h4-7,9,12-13,18H,3,8,16H2,1-2H3,(H,17,19)(H,20,21)/t9?,12-,13?/m0/s1. The first-order chi connectivity index (χ1) is 9.85. The Labute approximate surface area is 124 Å². The van der Waals surface area contributed by atoms with E-state index in [-0.39, 0.29) is 18.1 Å². The molecule has 1 aromatic rings. The summed E-state index contributed by atoms with van der Waals surface area (Å²) in [6, 6.07) is 4.41. The molecule has 0 aliphatic carbocycles. The van der Waals surface area contributed by atoms with Crippen LogP contribution in [0.25, 0.3) is 0 Å². The summed E-state index contributed by atoms with van der Waals surface area (Å²) in [5, 5.41) is 20.9. The van der Waals surface area contributed by atoms with Crippen molar-refractivity contribution in [2.45, 2.75) is 38.8 Å². The van der Waals surface area contributed by atoms with E-state index in [1.807, 2.05) is 13.8 Å². The lowest BCUT2D eigenvalue weighted by molar-refractivity contribution is -0.142. The smallest absolute Gasteiger partial charge is 0.326 e. The van der Waals surface area contributed by atoms with Crippen LogP contribution in [0.2, 0.25) is 0 Å². The Kier molecular flexibility index (Phi) is 6.17. The van der Waals surface area contributed by atoms with E-state index >= 15 is 0 Å². The summed E-state index contributed by atoms with van der Waals surface area (Å²) >= 11 is 0. The molecule has 1 rings (SSSR count). The van der Waals surface area contributed by atoms with Gasteiger partial charge in [0.2, 0.25) is 5.91 Å². The third-order valence-electron chi connectivity index (χ3n) is 3.55. The fraction of sp³-hybridized carbons (Fsp3) is 0.467. The average Bonchev–Trinajstić information content (AvgIpc) is 2.46. The number of nitrogens with one attached hydrogen (secondary N) is 1. The number of aromatic hydroxyl groups is 1. The number of benzene rings is 1. The number of carbonyl (C=O) groups excluding carboxylic acids is 1. The van der Waals surface area contributed by atoms with E-state index in [2.05, 4.69) is 5.32 Å². The number of carboxylic acids is 1. The van der Waals surface area contributed by atoms with Crippen molar-refractivity contribution in [3.05, 3.63) is 29.8 Å². The second-order valence-corrected chi connectivity index (χ2v) is 5.18. The highest BCUT2D eigenvalue weighted by molar-refractivity contribution is 5.87. The van der Waals surface area contributed by atoms with Crippen LogP contribution < -0.4 is 11.1 Å². The normalized spacial score (nSPS) is 15.0. The first-order valence-electron chi connectivity index (χ1n) is 6.91. The Morgan fingerprint density at radius 1 is 1.29 bits per heavy atom. The first kappa shape index (κ1) is 17.0. The molecule has 6 nitrogen and oxygen atoms in total. The maximum Gasteiger partial charge on any atom is 0.326 e. The quantitative estimate of drug-likeness (QED) is 0.596. The maximum absolute atomic E-state index is 12.0. The summed E-state index contributed by atoms with van der Waals surface area (Å²) in [6.07, 6.45) is 0.874. The highest BCUT2D eigenvalue weighted by Gasteiger charge is 2.25. The lowest BCUT2D eigenvalue weighted by Gasteiger charge is -2.21. The van der Waals surface area contributed by atoms with E-state index in [0.29, 0.717) is 5.56 Å². The van der Waals surface area contributed by atoms with Gasteiger partial charge >= 0.3 is 5.97 Å². The summed E-state index contributed by atoms with van der Waals surface area (Å²) in [5.41, 5.74) is 6.50. The van der Waals surface area contributed by atoms with E-state index in [1.54, 1.807) is 12.1 Å². The topological polar surface area (TPSA) is 113 Å². The molecule has 21 heavy (non-hydrogen) atoms. The van der Waals surface area contributed by atoms with Gasteiger partial charge in [-0.3, -0.25) is 4.79 Å². The summed E-state index contributed by atoms with van der Waals surface area (Å²) in [5.74, 6) is -1.50. The second kappa shape index (κ2) is 7.64. The van der Waals surface area contributed by atoms with Crippen molar-refractivity contribution in [1.82, 2.24) is 5.32 Å². The Hall–Kier alpha value is -2.08. The lowest BCUT2D eigenvalue weighted by atomic mass is 9.98. The fourth-order valence-corrected chi connectivity index (χ4v) is 1.85. The Bertz CT molecular complexity index is 487. The Balaban J connectivity index is 2.72. The Morgan fingerprint density at radius 3 is 2.33 bits per heavy atom. The minimum atomic E-state index is -1.12. The number of aliphatic carboxylic acids is 1. The van der Waals surface area contributed by atoms with E-state index in [0.717, 1.165) is 6.42 Å². The van der Waals surface area contributed by atoms with Crippen molar-refractivity contribution in [1.29, 1.82) is 0 Å². The summed E-state index contributed by atoms with van der Waals surface area (Å²) in [6.45, 7) is 3.77. The summed E-state index contributed by atoms with van der Waals surface area (Å²) in [4.78, 5) is 23.2. The monoisotopic (exact) mass is 294 g/mol. The van der Waals surface area contributed by atoms with Crippen LogP contribution in [0.1, 0.15) is 25.8 Å². The molecule has 0 heterocycles. The largest absolute Gasteiger partial charge is 0.508 e. The zero-order valence-electron chi connectivity index (χ0n) is 12.2. The number of carboxylic acid groups (broad SMARTS) is 1. The molecular formula is C15H22N2O4. The molecule has 6 heteroatoms. The van der Waals surface area contributed by atoms with Crippen LogP contribution in [0.4, 0.5) is 0 Å². The number of phenolic OH excluding ortho intramolecular Hbond substituents is 1. The third-order valence-corrected chi connectivity index (χ3v) is 3.55. The van der Waals surface area contributed by atoms with Gasteiger partial charge in [-0.25, -0.2) is 4.79 Å². The zero-order valence-corrected chi connectivity index (χ0v) is 12.2. The second-order valence-electron chi connectivity index (χ2n) is 5.18. The van der Waals surface area contributed by atoms with Crippen molar-refractivity contribution in [3.63, 3.8) is 0 Å². The molecule has 0 aromatic heterocycles. The van der Waals surface area contributed by atoms with Crippen molar-refractivity contribution in [2.75, 3.05) is 0 Å². The molecule has 0 aliphatic heterocycles. The number of amides is 1. The van der Waals surface area contributed by atoms with Gasteiger partial charge in [-0.2, -0.15) is 0 Å². The third kappa shape index (κ3) is 5.07. The molecule has 0 bridgehead atoms. The summed E-state index contributed by atoms with van der Waals surface area (Å²) in [7, 11) is 0. The van der Waals surface area contributed by atoms with Crippen molar-refractivity contribution in [2.24, 2.45) is 11.7 Å². The molecule has 116 valence electrons. The lowest BCUT2D eigenvalue weighted by Crippen LogP contribution is -2.51. The van der Waals surface area contributed by atoms with Crippen molar-refractivity contribution < 1.29 is 19.8 Å². The molecule has 5 N–H and O–H groups in total. The molecule has 0 radical (unpaired) electrons. The van der Waals surface area contributed by atoms with Crippen LogP contribution in [0.3, 0.4) is 0 Å². The van der Waals surface area contributed by atoms with Crippen molar-refractivity contribution in [3.8, 4) is 5.75 Å². The maximum atomic E-state index is 12.0. The van der Waals surface area contributed by atoms with E-state index in [9.17, 15) is 19.8 Å². The predicted molar refractivity (Wildman–Crippen MR) is 78.8 cm³/mol. The number of hydrogen-bond donors (Lipinski definition) is 4. The minimum Gasteiger partial charge on any atom is -0.508 e. The molecule has 0 spiro atoms. The van der Waals surface area contributed by atoms with Crippen LogP contribution in [0.15, 0.2) is 24.3 Å². The molecule has 1 amide bonds. The van der Waals surface area contributed by atoms with Gasteiger partial charge in [0.05, 0.1) is 6.04 Å². The molecular weight excluding hydrogens is 272 g/mol. The Morgan fingerprint density at radius 2 is 1.86 bits per heavy atom. The molecule has 0 aliphatic rings. The van der Waals surface area contributed by atoms with E-state index in [1.165, 1.54) is 12.1 Å². The zero-order chi connectivity index (χ0) is 16.0. The van der Waals surface area contributed by atoms with Gasteiger partial charge in [-0.05, 0) is 23.6 Å². The van der Waals surface area contributed by atoms with Gasteiger partial charge in [-0.15, -0.1) is 0 Å². The van der Waals surface area contributed by atoms with E-state index < -0.39 is 24.0 Å². The molecule has 0 fully saturated rings. The number of nitrogens with two attached hydrogens (primary N) is 1. The SMILES string of the molecule is CCC(C)C(N)C(=O)N[C@@H](Cc1ccc(O)cc1)C(=O)O. The predicted octanol–water partition coefficient (Wildman–Crippen LogP) is 0.877. The molecule has 0 saturated carbocycles. The van der Waals surface area contributed by atoms with Crippen LogP contribution in [-0.4, -0.2) is 34.2 Å². The van der Waals surface area contributed by atoms with Gasteiger partial charge in [0.25, 0.3) is 0 Å². The first-order valence-corrected chi connectivity index (χ1v) is 6.91. The summed E-state index contributed by atoms with van der Waals surface area (Å²) < 4.78 is 0. The van der Waals surface area contributed by atoms with Crippen LogP contribution in [0, 0.1) is 5.92 Å². The van der Waals surface area contributed by atoms with Gasteiger partial charge in [0.15, 0.2) is 0 Å². The van der Waals surface area contributed by atoms with Crippen molar-refractivity contribution >= 4 is 11.9 Å². The number of phenols is 1. The van der Waals surface area contributed by atoms with Gasteiger partial charge in [-0.1, -0.05) is 32.4 Å². The highest BCUT2D eigenvalue weighted by Crippen LogP contribution is 2.12. The van der Waals surface area contributed by atoms with Crippen LogP contribution in [-0.2, 0) is 16.0 Å². The van der Waals surface area contributed by atoms with Gasteiger partial charge in [0, 0.05) is 6.42 Å². The van der Waals surface area contributed by atoms with E-state index in [4.69, 9.17) is 5.73 Å². The molecule has 1 aromatic carbocycles. The van der Waals surface area contributed by atoms with Gasteiger partial charge < -0.3 is 21.3 Å². The van der Waals surface area contributed by atoms with Gasteiger partial charge in [0.1, 0.15) is 11.8 Å². The minimum absolute atomic E-state index is 0.0203.